The van der Waals surface area contributed by atoms with Gasteiger partial charge in [0.25, 0.3) is 0 Å². The summed E-state index contributed by atoms with van der Waals surface area (Å²) < 4.78 is 55.8. The Hall–Kier alpha value is -3.05. The molecule has 1 aliphatic heterocycles. The molecule has 32 heavy (non-hydrogen) atoms. The van der Waals surface area contributed by atoms with Gasteiger partial charge in [0.05, 0.1) is 28.9 Å². The second kappa shape index (κ2) is 8.83. The number of benzene rings is 1. The van der Waals surface area contributed by atoms with Crippen LogP contribution in [0.5, 0.6) is 0 Å². The molecular weight excluding hydrogens is 440 g/mol. The van der Waals surface area contributed by atoms with E-state index in [1.807, 2.05) is 0 Å². The highest BCUT2D eigenvalue weighted by molar-refractivity contribution is 7.92. The topological polar surface area (TPSA) is 107 Å². The predicted molar refractivity (Wildman–Crippen MR) is 119 cm³/mol. The highest BCUT2D eigenvalue weighted by Gasteiger charge is 2.26. The molecule has 0 atom stereocenters. The van der Waals surface area contributed by atoms with Crippen molar-refractivity contribution in [2.24, 2.45) is 0 Å². The largest absolute Gasteiger partial charge is 0.368 e. The van der Waals surface area contributed by atoms with Crippen LogP contribution in [-0.4, -0.2) is 56.1 Å². The van der Waals surface area contributed by atoms with Gasteiger partial charge in [-0.1, -0.05) is 6.92 Å². The van der Waals surface area contributed by atoms with E-state index in [4.69, 9.17) is 0 Å². The van der Waals surface area contributed by atoms with Crippen LogP contribution in [0.25, 0.3) is 11.0 Å². The van der Waals surface area contributed by atoms with Gasteiger partial charge in [-0.3, -0.25) is 9.52 Å². The molecule has 3 N–H and O–H groups in total. The van der Waals surface area contributed by atoms with Crippen molar-refractivity contribution < 1.29 is 22.0 Å². The van der Waals surface area contributed by atoms with Crippen molar-refractivity contribution in [3.8, 4) is 0 Å². The SMILES string of the molecule is CCCS(=O)(=O)Nc1ccc(F)c(C(=O)c2c[nH]c3ncc(N4CCNCC4)cc23)c1F. The zero-order valence-electron chi connectivity index (χ0n) is 17.4. The van der Waals surface area contributed by atoms with E-state index in [1.165, 1.54) is 6.20 Å². The number of piperazine rings is 1. The Balaban J connectivity index is 1.73. The molecule has 1 aliphatic rings. The zero-order chi connectivity index (χ0) is 22.9. The number of aromatic amines is 1. The molecule has 3 aromatic rings. The van der Waals surface area contributed by atoms with Gasteiger partial charge in [0.2, 0.25) is 15.8 Å². The molecule has 0 saturated carbocycles. The van der Waals surface area contributed by atoms with Crippen molar-refractivity contribution in [2.45, 2.75) is 13.3 Å². The Bertz CT molecular complexity index is 1270. The molecule has 0 aliphatic carbocycles. The van der Waals surface area contributed by atoms with Crippen molar-refractivity contribution in [2.75, 3.05) is 41.6 Å². The first-order chi connectivity index (χ1) is 15.3. The van der Waals surface area contributed by atoms with Gasteiger partial charge in [-0.15, -0.1) is 0 Å². The number of nitrogens with zero attached hydrogens (tertiary/aromatic N) is 2. The van der Waals surface area contributed by atoms with Gasteiger partial charge in [-0.25, -0.2) is 22.2 Å². The molecule has 0 spiro atoms. The first-order valence-electron chi connectivity index (χ1n) is 10.3. The fourth-order valence-electron chi connectivity index (χ4n) is 3.74. The van der Waals surface area contributed by atoms with Crippen molar-refractivity contribution in [1.29, 1.82) is 0 Å². The van der Waals surface area contributed by atoms with E-state index >= 15 is 4.39 Å². The molecule has 0 amide bonds. The smallest absolute Gasteiger partial charge is 0.232 e. The molecule has 0 bridgehead atoms. The molecule has 8 nitrogen and oxygen atoms in total. The van der Waals surface area contributed by atoms with Crippen LogP contribution >= 0.6 is 0 Å². The number of nitrogens with one attached hydrogen (secondary N) is 3. The minimum absolute atomic E-state index is 0.0517. The summed E-state index contributed by atoms with van der Waals surface area (Å²) in [4.78, 5) is 22.5. The van der Waals surface area contributed by atoms with E-state index in [0.29, 0.717) is 17.5 Å². The van der Waals surface area contributed by atoms with E-state index in [2.05, 4.69) is 24.9 Å². The number of hydrogen-bond acceptors (Lipinski definition) is 6. The molecule has 2 aromatic heterocycles. The Labute approximate surface area is 184 Å². The Morgan fingerprint density at radius 1 is 1.25 bits per heavy atom. The number of sulfonamides is 1. The van der Waals surface area contributed by atoms with Gasteiger partial charge in [-0.2, -0.15) is 0 Å². The molecule has 1 saturated heterocycles. The van der Waals surface area contributed by atoms with Gasteiger partial charge in [0, 0.05) is 43.3 Å². The third-order valence-corrected chi connectivity index (χ3v) is 6.78. The highest BCUT2D eigenvalue weighted by atomic mass is 32.2. The summed E-state index contributed by atoms with van der Waals surface area (Å²) in [5.74, 6) is -3.46. The van der Waals surface area contributed by atoms with Gasteiger partial charge in [-0.05, 0) is 24.6 Å². The molecule has 170 valence electrons. The number of anilines is 2. The molecule has 1 aromatic carbocycles. The van der Waals surface area contributed by atoms with Crippen LogP contribution in [0.15, 0.2) is 30.6 Å². The number of halogens is 2. The normalized spacial score (nSPS) is 14.7. The van der Waals surface area contributed by atoms with Crippen LogP contribution in [0.3, 0.4) is 0 Å². The van der Waals surface area contributed by atoms with Crippen LogP contribution in [0.1, 0.15) is 29.3 Å². The monoisotopic (exact) mass is 463 g/mol. The van der Waals surface area contributed by atoms with Crippen LogP contribution < -0.4 is 14.9 Å². The zero-order valence-corrected chi connectivity index (χ0v) is 18.2. The fourth-order valence-corrected chi connectivity index (χ4v) is 4.87. The maximum absolute atomic E-state index is 15.1. The molecule has 0 radical (unpaired) electrons. The molecule has 4 rings (SSSR count). The number of carbonyl (C=O) groups excluding carboxylic acids is 1. The van der Waals surface area contributed by atoms with E-state index in [-0.39, 0.29) is 11.3 Å². The standard InChI is InChI=1S/C21H23F2N5O3S/c1-2-9-32(30,31)27-17-4-3-16(22)18(19(17)23)20(29)15-12-26-21-14(15)10-13(11-25-21)28-7-5-24-6-8-28/h3-4,10-12,24,27H,2,5-9H2,1H3,(H,25,26). The summed E-state index contributed by atoms with van der Waals surface area (Å²) in [6.07, 6.45) is 3.36. The summed E-state index contributed by atoms with van der Waals surface area (Å²) in [6, 6.07) is 3.61. The number of aromatic nitrogens is 2. The van der Waals surface area contributed by atoms with Gasteiger partial charge in [0.1, 0.15) is 11.5 Å². The molecule has 0 unspecified atom stereocenters. The first kappa shape index (κ1) is 22.2. The summed E-state index contributed by atoms with van der Waals surface area (Å²) >= 11 is 0. The highest BCUT2D eigenvalue weighted by Crippen LogP contribution is 2.29. The third-order valence-electron chi connectivity index (χ3n) is 5.30. The van der Waals surface area contributed by atoms with Crippen LogP contribution in [0.2, 0.25) is 0 Å². The number of hydrogen-bond donors (Lipinski definition) is 3. The molecule has 1 fully saturated rings. The Morgan fingerprint density at radius 2 is 2.00 bits per heavy atom. The van der Waals surface area contributed by atoms with Crippen LogP contribution in [0, 0.1) is 11.6 Å². The summed E-state index contributed by atoms with van der Waals surface area (Å²) in [5, 5.41) is 3.69. The van der Waals surface area contributed by atoms with E-state index in [0.717, 1.165) is 44.0 Å². The second-order valence-corrected chi connectivity index (χ2v) is 9.40. The third kappa shape index (κ3) is 4.30. The number of ketones is 1. The van der Waals surface area contributed by atoms with Gasteiger partial charge in [0.15, 0.2) is 5.82 Å². The first-order valence-corrected chi connectivity index (χ1v) is 11.9. The van der Waals surface area contributed by atoms with Crippen molar-refractivity contribution in [1.82, 2.24) is 15.3 Å². The molecular formula is C21H23F2N5O3S. The van der Waals surface area contributed by atoms with E-state index in [1.54, 1.807) is 19.2 Å². The van der Waals surface area contributed by atoms with Crippen molar-refractivity contribution in [3.63, 3.8) is 0 Å². The molecule has 3 heterocycles. The van der Waals surface area contributed by atoms with Crippen LogP contribution in [-0.2, 0) is 10.0 Å². The lowest BCUT2D eigenvalue weighted by Crippen LogP contribution is -2.43. The van der Waals surface area contributed by atoms with Crippen LogP contribution in [0.4, 0.5) is 20.2 Å². The van der Waals surface area contributed by atoms with Gasteiger partial charge >= 0.3 is 0 Å². The molecule has 11 heteroatoms. The average Bonchev–Trinajstić information content (AvgIpc) is 3.19. The van der Waals surface area contributed by atoms with Crippen molar-refractivity contribution >= 4 is 38.2 Å². The maximum atomic E-state index is 15.1. The minimum atomic E-state index is -3.82. The lowest BCUT2D eigenvalue weighted by Gasteiger charge is -2.29. The summed E-state index contributed by atoms with van der Waals surface area (Å²) in [7, 11) is -3.82. The number of H-pyrrole nitrogens is 1. The maximum Gasteiger partial charge on any atom is 0.232 e. The number of carbonyl (C=O) groups is 1. The van der Waals surface area contributed by atoms with E-state index < -0.39 is 38.7 Å². The lowest BCUT2D eigenvalue weighted by molar-refractivity contribution is 0.103. The number of fused-ring (bicyclic) bond motifs is 1. The second-order valence-electron chi connectivity index (χ2n) is 7.56. The number of rotatable bonds is 7. The minimum Gasteiger partial charge on any atom is -0.368 e. The average molecular weight is 464 g/mol. The predicted octanol–water partition coefficient (Wildman–Crippen LogP) is 2.63. The summed E-state index contributed by atoms with van der Waals surface area (Å²) in [6.45, 7) is 4.82. The summed E-state index contributed by atoms with van der Waals surface area (Å²) in [5.41, 5.74) is -0.0313. The quantitative estimate of drug-likeness (QED) is 0.465. The van der Waals surface area contributed by atoms with Crippen molar-refractivity contribution in [3.05, 3.63) is 53.4 Å². The Morgan fingerprint density at radius 3 is 2.72 bits per heavy atom. The Kier molecular flexibility index (Phi) is 6.11. The number of pyridine rings is 1. The fraction of sp³-hybridized carbons (Fsp3) is 0.333. The lowest BCUT2D eigenvalue weighted by atomic mass is 10.0. The van der Waals surface area contributed by atoms with E-state index in [9.17, 15) is 17.6 Å². The van der Waals surface area contributed by atoms with Gasteiger partial charge < -0.3 is 15.2 Å².